The molecule has 0 amide bonds. The molecular weight excluding hydrogens is 330 g/mol. The number of nitrogens with zero attached hydrogens (tertiary/aromatic N) is 2. The van der Waals surface area contributed by atoms with Gasteiger partial charge in [-0.2, -0.15) is 5.10 Å². The lowest BCUT2D eigenvalue weighted by Gasteiger charge is -2.34. The molecule has 2 aromatic rings. The molecule has 2 fully saturated rings. The fourth-order valence-corrected chi connectivity index (χ4v) is 5.09. The van der Waals surface area contributed by atoms with Crippen molar-refractivity contribution in [1.29, 1.82) is 0 Å². The molecule has 0 saturated heterocycles. The van der Waals surface area contributed by atoms with Crippen molar-refractivity contribution in [3.05, 3.63) is 29.6 Å². The van der Waals surface area contributed by atoms with Crippen LogP contribution in [0.25, 0.3) is 11.3 Å². The Bertz CT molecular complexity index is 809. The number of hydrazone groups is 1. The van der Waals surface area contributed by atoms with Crippen LogP contribution in [0.3, 0.4) is 0 Å². The van der Waals surface area contributed by atoms with Crippen LogP contribution in [0, 0.1) is 16.7 Å². The summed E-state index contributed by atoms with van der Waals surface area (Å²) in [6, 6.07) is 7.98. The van der Waals surface area contributed by atoms with Crippen molar-refractivity contribution in [2.75, 3.05) is 12.5 Å². The summed E-state index contributed by atoms with van der Waals surface area (Å²) in [6.45, 7) is 7.18. The van der Waals surface area contributed by atoms with Crippen LogP contribution in [-0.4, -0.2) is 17.8 Å². The fraction of sp³-hybridized carbons (Fsp3) is 0.500. The Kier molecular flexibility index (Phi) is 3.87. The van der Waals surface area contributed by atoms with Crippen molar-refractivity contribution in [1.82, 2.24) is 4.98 Å². The third kappa shape index (κ3) is 2.56. The van der Waals surface area contributed by atoms with Crippen LogP contribution in [-0.2, 0) is 0 Å². The van der Waals surface area contributed by atoms with Crippen LogP contribution in [0.2, 0.25) is 0 Å². The number of nitrogens with one attached hydrogen (secondary N) is 1. The number of aromatic nitrogens is 1. The summed E-state index contributed by atoms with van der Waals surface area (Å²) in [4.78, 5) is 4.68. The summed E-state index contributed by atoms with van der Waals surface area (Å²) in [6.07, 6.45) is 3.70. The number of methoxy groups -OCH3 is 1. The average Bonchev–Trinajstić information content (AvgIpc) is 3.22. The molecule has 0 aliphatic heterocycles. The minimum absolute atomic E-state index is 0.223. The second-order valence-electron chi connectivity index (χ2n) is 7.93. The number of thiazole rings is 1. The van der Waals surface area contributed by atoms with E-state index in [0.29, 0.717) is 5.41 Å². The van der Waals surface area contributed by atoms with E-state index >= 15 is 0 Å². The van der Waals surface area contributed by atoms with E-state index in [0.717, 1.165) is 34.5 Å². The first kappa shape index (κ1) is 16.6. The Hall–Kier alpha value is -1.88. The molecule has 4 nitrogen and oxygen atoms in total. The Balaban J connectivity index is 1.50. The van der Waals surface area contributed by atoms with Crippen molar-refractivity contribution in [3.8, 4) is 17.0 Å². The van der Waals surface area contributed by atoms with Crippen molar-refractivity contribution in [2.24, 2.45) is 21.8 Å². The molecule has 132 valence electrons. The van der Waals surface area contributed by atoms with Crippen LogP contribution < -0.4 is 10.2 Å². The number of fused-ring (bicyclic) bond motifs is 2. The van der Waals surface area contributed by atoms with E-state index in [4.69, 9.17) is 9.84 Å². The van der Waals surface area contributed by atoms with Gasteiger partial charge in [-0.25, -0.2) is 4.98 Å². The standard InChI is InChI=1S/C20H25N3OS/c1-19(2)14-9-10-20(19,3)17(11-14)22-23-18-21-16(12-25-18)13-5-7-15(24-4)8-6-13/h5-8,12,14H,9-11H2,1-4H3,(H,21,23)/b22-17-/t14-,20-/m0/s1. The second kappa shape index (κ2) is 5.84. The van der Waals surface area contributed by atoms with Gasteiger partial charge in [0.2, 0.25) is 5.13 Å². The van der Waals surface area contributed by atoms with E-state index in [1.165, 1.54) is 18.6 Å². The monoisotopic (exact) mass is 355 g/mol. The van der Waals surface area contributed by atoms with Gasteiger partial charge >= 0.3 is 0 Å². The second-order valence-corrected chi connectivity index (χ2v) is 8.79. The summed E-state index contributed by atoms with van der Waals surface area (Å²) in [7, 11) is 1.68. The third-order valence-corrected chi connectivity index (χ3v) is 7.44. The average molecular weight is 356 g/mol. The summed E-state index contributed by atoms with van der Waals surface area (Å²) in [5, 5.41) is 7.69. The lowest BCUT2D eigenvalue weighted by atomic mass is 9.70. The van der Waals surface area contributed by atoms with E-state index in [1.54, 1.807) is 18.4 Å². The van der Waals surface area contributed by atoms with E-state index < -0.39 is 0 Å². The van der Waals surface area contributed by atoms with Crippen molar-refractivity contribution >= 4 is 22.2 Å². The van der Waals surface area contributed by atoms with Gasteiger partial charge in [-0.3, -0.25) is 5.43 Å². The SMILES string of the molecule is COc1ccc(-c2csc(N/N=C3/C[C@@H]4CC[C@]3(C)C4(C)C)n2)cc1. The maximum Gasteiger partial charge on any atom is 0.203 e. The Morgan fingerprint density at radius 3 is 2.60 bits per heavy atom. The lowest BCUT2D eigenvalue weighted by molar-refractivity contribution is 0.194. The number of rotatable bonds is 4. The van der Waals surface area contributed by atoms with E-state index in [9.17, 15) is 0 Å². The highest BCUT2D eigenvalue weighted by molar-refractivity contribution is 7.14. The van der Waals surface area contributed by atoms with Crippen molar-refractivity contribution in [2.45, 2.75) is 40.0 Å². The zero-order chi connectivity index (χ0) is 17.7. The maximum absolute atomic E-state index is 5.21. The molecule has 1 heterocycles. The van der Waals surface area contributed by atoms with Crippen molar-refractivity contribution in [3.63, 3.8) is 0 Å². The van der Waals surface area contributed by atoms with Gasteiger partial charge in [0.15, 0.2) is 0 Å². The van der Waals surface area contributed by atoms with Crippen LogP contribution in [0.5, 0.6) is 5.75 Å². The van der Waals surface area contributed by atoms with Gasteiger partial charge < -0.3 is 4.74 Å². The largest absolute Gasteiger partial charge is 0.497 e. The van der Waals surface area contributed by atoms with E-state index in [-0.39, 0.29) is 5.41 Å². The number of ether oxygens (including phenoxy) is 1. The van der Waals surface area contributed by atoms with Gasteiger partial charge in [-0.15, -0.1) is 11.3 Å². The van der Waals surface area contributed by atoms with Gasteiger partial charge in [0.25, 0.3) is 0 Å². The topological polar surface area (TPSA) is 46.5 Å². The Labute approximate surface area is 153 Å². The Morgan fingerprint density at radius 2 is 2.00 bits per heavy atom. The predicted octanol–water partition coefficient (Wildman–Crippen LogP) is 5.43. The van der Waals surface area contributed by atoms with Crippen molar-refractivity contribution < 1.29 is 4.74 Å². The number of anilines is 1. The normalized spacial score (nSPS) is 28.5. The smallest absolute Gasteiger partial charge is 0.203 e. The molecule has 2 aliphatic carbocycles. The molecule has 2 bridgehead atoms. The molecule has 0 spiro atoms. The molecule has 5 heteroatoms. The van der Waals surface area contributed by atoms with Crippen LogP contribution in [0.15, 0.2) is 34.7 Å². The molecular formula is C20H25N3OS. The summed E-state index contributed by atoms with van der Waals surface area (Å²) in [5.41, 5.74) is 7.16. The van der Waals surface area contributed by atoms with Gasteiger partial charge in [0, 0.05) is 22.1 Å². The van der Waals surface area contributed by atoms with Gasteiger partial charge in [-0.1, -0.05) is 20.8 Å². The van der Waals surface area contributed by atoms with Gasteiger partial charge in [0.05, 0.1) is 12.8 Å². The zero-order valence-electron chi connectivity index (χ0n) is 15.3. The number of hydrogen-bond donors (Lipinski definition) is 1. The van der Waals surface area contributed by atoms with Crippen LogP contribution in [0.1, 0.15) is 40.0 Å². The first-order valence-corrected chi connectivity index (χ1v) is 9.75. The van der Waals surface area contributed by atoms with E-state index in [2.05, 4.69) is 36.6 Å². The summed E-state index contributed by atoms with van der Waals surface area (Å²) < 4.78 is 5.21. The molecule has 1 aromatic carbocycles. The molecule has 1 N–H and O–H groups in total. The summed E-state index contributed by atoms with van der Waals surface area (Å²) >= 11 is 1.60. The molecule has 2 atom stereocenters. The Morgan fingerprint density at radius 1 is 1.24 bits per heavy atom. The maximum atomic E-state index is 5.21. The van der Waals surface area contributed by atoms with Gasteiger partial charge in [0.1, 0.15) is 5.75 Å². The first-order chi connectivity index (χ1) is 11.9. The first-order valence-electron chi connectivity index (χ1n) is 8.87. The molecule has 1 aromatic heterocycles. The molecule has 0 radical (unpaired) electrons. The summed E-state index contributed by atoms with van der Waals surface area (Å²) in [5.74, 6) is 1.63. The molecule has 2 saturated carbocycles. The molecule has 4 rings (SSSR count). The highest BCUT2D eigenvalue weighted by atomic mass is 32.1. The zero-order valence-corrected chi connectivity index (χ0v) is 16.1. The highest BCUT2D eigenvalue weighted by Gasteiger charge is 2.59. The van der Waals surface area contributed by atoms with Crippen LogP contribution >= 0.6 is 11.3 Å². The third-order valence-electron chi connectivity index (χ3n) is 6.69. The minimum atomic E-state index is 0.223. The number of hydrogen-bond acceptors (Lipinski definition) is 5. The molecule has 2 aliphatic rings. The van der Waals surface area contributed by atoms with Gasteiger partial charge in [-0.05, 0) is 54.9 Å². The molecule has 0 unspecified atom stereocenters. The lowest BCUT2D eigenvalue weighted by Crippen LogP contribution is -2.32. The highest BCUT2D eigenvalue weighted by Crippen LogP contribution is 2.63. The van der Waals surface area contributed by atoms with Crippen LogP contribution in [0.4, 0.5) is 5.13 Å². The predicted molar refractivity (Wildman–Crippen MR) is 104 cm³/mol. The quantitative estimate of drug-likeness (QED) is 0.744. The fourth-order valence-electron chi connectivity index (χ4n) is 4.43. The molecule has 25 heavy (non-hydrogen) atoms. The number of benzene rings is 1. The van der Waals surface area contributed by atoms with E-state index in [1.807, 2.05) is 24.3 Å². The minimum Gasteiger partial charge on any atom is -0.497 e.